The molecule has 3 N–H and O–H groups in total. The molecule has 4 aromatic carbocycles. The topological polar surface area (TPSA) is 148 Å². The van der Waals surface area contributed by atoms with Crippen LogP contribution in [0.5, 0.6) is 0 Å². The van der Waals surface area contributed by atoms with Crippen LogP contribution in [0.3, 0.4) is 0 Å². The molecule has 0 bridgehead atoms. The Kier molecular flexibility index (Phi) is 15.2. The molecule has 11 nitrogen and oxygen atoms in total. The first-order valence-electron chi connectivity index (χ1n) is 19.4. The number of imide groups is 1. The van der Waals surface area contributed by atoms with Crippen molar-refractivity contribution >= 4 is 46.7 Å². The smallest absolute Gasteiger partial charge is 0.329 e. The summed E-state index contributed by atoms with van der Waals surface area (Å²) >= 11 is 0. The molecule has 0 aromatic heterocycles. The standard InChI is InChI=1S/C45H51N5O6/c1-3-5-28-49(29-6-4-2)31-39(51)47-37-25-17-16-24-35(37)42(33-20-12-8-13-21-33)48-43(45(55)56)36(32-18-10-7-11-19-32)30-41(53)50-38(26-27-40(50)52)44(54)46-34-22-14-9-15-23-34/h7-25,36,38,43H,3-6,26-31H2,1-2H3,(H,46,54)(H,47,51)(H,55,56)/t36-,38-,43+/m0/s1. The first-order chi connectivity index (χ1) is 27.2. The molecule has 0 saturated carbocycles. The van der Waals surface area contributed by atoms with Crippen molar-refractivity contribution in [3.63, 3.8) is 0 Å². The lowest BCUT2D eigenvalue weighted by Gasteiger charge is -2.27. The zero-order valence-electron chi connectivity index (χ0n) is 32.1. The van der Waals surface area contributed by atoms with Gasteiger partial charge in [0.1, 0.15) is 6.04 Å². The maximum absolute atomic E-state index is 14.2. The molecule has 1 heterocycles. The first-order valence-corrected chi connectivity index (χ1v) is 19.4. The number of carbonyl (C=O) groups is 5. The predicted molar refractivity (Wildman–Crippen MR) is 219 cm³/mol. The van der Waals surface area contributed by atoms with Crippen molar-refractivity contribution in [1.29, 1.82) is 0 Å². The van der Waals surface area contributed by atoms with Gasteiger partial charge in [-0.15, -0.1) is 0 Å². The van der Waals surface area contributed by atoms with Crippen molar-refractivity contribution in [1.82, 2.24) is 9.80 Å². The average molecular weight is 758 g/mol. The van der Waals surface area contributed by atoms with E-state index in [1.165, 1.54) is 0 Å². The van der Waals surface area contributed by atoms with E-state index >= 15 is 0 Å². The third-order valence-corrected chi connectivity index (χ3v) is 9.88. The number of likely N-dealkylation sites (tertiary alicyclic amines) is 1. The SMILES string of the molecule is CCCCN(CCCC)CC(=O)Nc1ccccc1C(=N[C@@H](C(=O)O)[C@@H](CC(=O)N1C(=O)CC[C@H]1C(=O)Nc1ccccc1)c1ccccc1)c1ccccc1. The molecule has 1 fully saturated rings. The molecule has 0 radical (unpaired) electrons. The number of hydrogen-bond donors (Lipinski definition) is 3. The van der Waals surface area contributed by atoms with E-state index < -0.39 is 48.1 Å². The molecule has 3 atom stereocenters. The Morgan fingerprint density at radius 1 is 0.804 bits per heavy atom. The van der Waals surface area contributed by atoms with Gasteiger partial charge in [-0.05, 0) is 56.1 Å². The van der Waals surface area contributed by atoms with Crippen LogP contribution in [0.4, 0.5) is 11.4 Å². The molecule has 292 valence electrons. The minimum atomic E-state index is -1.51. The molecular weight excluding hydrogens is 707 g/mol. The van der Waals surface area contributed by atoms with Crippen LogP contribution in [-0.4, -0.2) is 81.9 Å². The van der Waals surface area contributed by atoms with Crippen LogP contribution < -0.4 is 10.6 Å². The van der Waals surface area contributed by atoms with Crippen LogP contribution in [0.15, 0.2) is 120 Å². The molecule has 1 saturated heterocycles. The minimum Gasteiger partial charge on any atom is -0.480 e. The van der Waals surface area contributed by atoms with Crippen LogP contribution in [-0.2, 0) is 24.0 Å². The minimum absolute atomic E-state index is 0.00472. The number of aliphatic carboxylic acids is 1. The molecule has 56 heavy (non-hydrogen) atoms. The van der Waals surface area contributed by atoms with Gasteiger partial charge in [-0.1, -0.05) is 124 Å². The number of hydrogen-bond acceptors (Lipinski definition) is 7. The number of aliphatic imine (C=N–C) groups is 1. The lowest BCUT2D eigenvalue weighted by molar-refractivity contribution is -0.147. The highest BCUT2D eigenvalue weighted by molar-refractivity contribution is 6.17. The fourth-order valence-corrected chi connectivity index (χ4v) is 6.97. The van der Waals surface area contributed by atoms with E-state index in [0.29, 0.717) is 33.8 Å². The fourth-order valence-electron chi connectivity index (χ4n) is 6.97. The maximum atomic E-state index is 14.2. The van der Waals surface area contributed by atoms with E-state index in [4.69, 9.17) is 4.99 Å². The van der Waals surface area contributed by atoms with E-state index in [1.807, 2.05) is 36.4 Å². The molecule has 11 heteroatoms. The number of para-hydroxylation sites is 2. The van der Waals surface area contributed by atoms with Gasteiger partial charge in [0.25, 0.3) is 0 Å². The summed E-state index contributed by atoms with van der Waals surface area (Å²) in [5, 5.41) is 16.8. The normalized spacial score (nSPS) is 15.3. The quantitative estimate of drug-likeness (QED) is 0.0861. The van der Waals surface area contributed by atoms with Crippen LogP contribution in [0, 0.1) is 0 Å². The highest BCUT2D eigenvalue weighted by Crippen LogP contribution is 2.32. The Labute approximate surface area is 328 Å². The molecule has 4 aromatic rings. The number of carboxylic acids is 1. The van der Waals surface area contributed by atoms with Gasteiger partial charge in [0.15, 0.2) is 6.04 Å². The molecular formula is C45H51N5O6. The van der Waals surface area contributed by atoms with Gasteiger partial charge >= 0.3 is 5.97 Å². The third kappa shape index (κ3) is 11.1. The Bertz CT molecular complexity index is 1960. The van der Waals surface area contributed by atoms with Gasteiger partial charge in [0.05, 0.1) is 17.9 Å². The van der Waals surface area contributed by atoms with E-state index in [9.17, 15) is 29.1 Å². The Morgan fingerprint density at radius 2 is 1.39 bits per heavy atom. The number of benzene rings is 4. The van der Waals surface area contributed by atoms with E-state index in [1.54, 1.807) is 78.9 Å². The second kappa shape index (κ2) is 20.7. The highest BCUT2D eigenvalue weighted by atomic mass is 16.4. The second-order valence-corrected chi connectivity index (χ2v) is 14.0. The zero-order chi connectivity index (χ0) is 39.9. The van der Waals surface area contributed by atoms with E-state index in [-0.39, 0.29) is 25.3 Å². The van der Waals surface area contributed by atoms with Crippen molar-refractivity contribution in [2.45, 2.75) is 76.8 Å². The van der Waals surface area contributed by atoms with Crippen molar-refractivity contribution in [3.05, 3.63) is 132 Å². The summed E-state index contributed by atoms with van der Waals surface area (Å²) in [5.41, 5.74) is 2.96. The van der Waals surface area contributed by atoms with E-state index in [0.717, 1.165) is 43.7 Å². The van der Waals surface area contributed by atoms with Gasteiger partial charge in [-0.3, -0.25) is 34.0 Å². The van der Waals surface area contributed by atoms with Crippen LogP contribution in [0.2, 0.25) is 0 Å². The first kappa shape index (κ1) is 41.2. The molecule has 4 amide bonds. The number of carbonyl (C=O) groups excluding carboxylic acids is 4. The summed E-state index contributed by atoms with van der Waals surface area (Å²) in [4.78, 5) is 75.8. The summed E-state index contributed by atoms with van der Waals surface area (Å²) in [7, 11) is 0. The molecule has 0 spiro atoms. The van der Waals surface area contributed by atoms with Crippen molar-refractivity contribution in [2.24, 2.45) is 4.99 Å². The Hall–Kier alpha value is -5.94. The molecule has 5 rings (SSSR count). The number of anilines is 2. The molecule has 1 aliphatic rings. The number of nitrogens with one attached hydrogen (secondary N) is 2. The van der Waals surface area contributed by atoms with E-state index in [2.05, 4.69) is 29.4 Å². The molecule has 0 aliphatic carbocycles. The fraction of sp³-hybridized carbons (Fsp3) is 0.333. The summed E-state index contributed by atoms with van der Waals surface area (Å²) in [5.74, 6) is -4.17. The summed E-state index contributed by atoms with van der Waals surface area (Å²) < 4.78 is 0. The van der Waals surface area contributed by atoms with Gasteiger partial charge in [0.2, 0.25) is 23.6 Å². The summed E-state index contributed by atoms with van der Waals surface area (Å²) in [6.07, 6.45) is 3.74. The van der Waals surface area contributed by atoms with Gasteiger partial charge in [-0.25, -0.2) is 4.79 Å². The van der Waals surface area contributed by atoms with Gasteiger partial charge in [-0.2, -0.15) is 0 Å². The monoisotopic (exact) mass is 757 g/mol. The number of nitrogens with zero attached hydrogens (tertiary/aromatic N) is 3. The third-order valence-electron chi connectivity index (χ3n) is 9.88. The highest BCUT2D eigenvalue weighted by Gasteiger charge is 2.42. The molecule has 0 unspecified atom stereocenters. The summed E-state index contributed by atoms with van der Waals surface area (Å²) in [6, 6.07) is 31.2. The van der Waals surface area contributed by atoms with Crippen molar-refractivity contribution < 1.29 is 29.1 Å². The predicted octanol–water partition coefficient (Wildman–Crippen LogP) is 7.15. The summed E-state index contributed by atoms with van der Waals surface area (Å²) in [6.45, 7) is 6.07. The van der Waals surface area contributed by atoms with Gasteiger partial charge < -0.3 is 15.7 Å². The average Bonchev–Trinajstić information content (AvgIpc) is 3.61. The largest absolute Gasteiger partial charge is 0.480 e. The Morgan fingerprint density at radius 3 is 2.02 bits per heavy atom. The van der Waals surface area contributed by atoms with Gasteiger partial charge in [0, 0.05) is 35.6 Å². The number of amides is 4. The lowest BCUT2D eigenvalue weighted by atomic mass is 9.87. The number of rotatable bonds is 19. The number of carboxylic acid groups (broad SMARTS) is 1. The zero-order valence-corrected chi connectivity index (χ0v) is 32.1. The van der Waals surface area contributed by atoms with Crippen molar-refractivity contribution in [3.8, 4) is 0 Å². The second-order valence-electron chi connectivity index (χ2n) is 14.0. The van der Waals surface area contributed by atoms with Crippen LogP contribution >= 0.6 is 0 Å². The molecule has 1 aliphatic heterocycles. The van der Waals surface area contributed by atoms with Crippen molar-refractivity contribution in [2.75, 3.05) is 30.3 Å². The van der Waals surface area contributed by atoms with Crippen LogP contribution in [0.25, 0.3) is 0 Å². The lowest BCUT2D eigenvalue weighted by Crippen LogP contribution is -2.46. The number of unbranched alkanes of at least 4 members (excludes halogenated alkanes) is 2. The maximum Gasteiger partial charge on any atom is 0.329 e. The van der Waals surface area contributed by atoms with Crippen LogP contribution in [0.1, 0.15) is 81.4 Å². The Balaban J connectivity index is 1.51.